The first-order chi connectivity index (χ1) is 9.08. The predicted molar refractivity (Wildman–Crippen MR) is 73.6 cm³/mol. The van der Waals surface area contributed by atoms with Crippen LogP contribution < -0.4 is 5.43 Å². The number of carbonyl (C=O) groups is 2. The van der Waals surface area contributed by atoms with E-state index in [1.54, 1.807) is 0 Å². The molecule has 0 bridgehead atoms. The molecule has 0 saturated carbocycles. The first kappa shape index (κ1) is 14.0. The van der Waals surface area contributed by atoms with Crippen molar-refractivity contribution < 1.29 is 9.59 Å². The van der Waals surface area contributed by atoms with Crippen LogP contribution in [0.1, 0.15) is 46.0 Å². The third-order valence-corrected chi connectivity index (χ3v) is 4.15. The molecule has 0 spiro atoms. The van der Waals surface area contributed by atoms with Crippen molar-refractivity contribution in [1.29, 1.82) is 0 Å². The zero-order valence-electron chi connectivity index (χ0n) is 11.8. The minimum absolute atomic E-state index is 0.00408. The van der Waals surface area contributed by atoms with E-state index in [2.05, 4.69) is 24.4 Å². The Labute approximate surface area is 114 Å². The topological polar surface area (TPSA) is 61.8 Å². The van der Waals surface area contributed by atoms with Crippen LogP contribution in [0.5, 0.6) is 0 Å². The first-order valence-electron chi connectivity index (χ1n) is 7.22. The molecule has 1 unspecified atom stereocenters. The number of hydrogen-bond acceptors (Lipinski definition) is 3. The maximum Gasteiger partial charge on any atom is 0.270 e. The van der Waals surface area contributed by atoms with Crippen LogP contribution in [-0.4, -0.2) is 35.5 Å². The second-order valence-electron chi connectivity index (χ2n) is 5.82. The van der Waals surface area contributed by atoms with Crippen molar-refractivity contribution in [3.63, 3.8) is 0 Å². The van der Waals surface area contributed by atoms with Gasteiger partial charge < -0.3 is 4.90 Å². The van der Waals surface area contributed by atoms with Gasteiger partial charge in [-0.1, -0.05) is 13.8 Å². The molecule has 106 valence electrons. The molecule has 2 amide bonds. The van der Waals surface area contributed by atoms with E-state index in [-0.39, 0.29) is 11.8 Å². The zero-order chi connectivity index (χ0) is 13.8. The maximum absolute atomic E-state index is 12.3. The Morgan fingerprint density at radius 3 is 2.74 bits per heavy atom. The normalized spacial score (nSPS) is 24.8. The molecule has 1 atom stereocenters. The quantitative estimate of drug-likeness (QED) is 0.823. The summed E-state index contributed by atoms with van der Waals surface area (Å²) in [7, 11) is 0. The molecule has 0 aromatic rings. The highest BCUT2D eigenvalue weighted by Crippen LogP contribution is 2.24. The predicted octanol–water partition coefficient (Wildman–Crippen LogP) is 1.54. The van der Waals surface area contributed by atoms with E-state index >= 15 is 0 Å². The van der Waals surface area contributed by atoms with Crippen LogP contribution in [0.2, 0.25) is 0 Å². The Morgan fingerprint density at radius 1 is 1.32 bits per heavy atom. The summed E-state index contributed by atoms with van der Waals surface area (Å²) >= 11 is 0. The van der Waals surface area contributed by atoms with Crippen molar-refractivity contribution >= 4 is 17.5 Å². The molecule has 0 aromatic carbocycles. The second kappa shape index (κ2) is 6.17. The van der Waals surface area contributed by atoms with Gasteiger partial charge in [0.2, 0.25) is 5.91 Å². The third-order valence-electron chi connectivity index (χ3n) is 4.15. The number of nitrogens with one attached hydrogen (secondary N) is 1. The number of hydrogen-bond donors (Lipinski definition) is 1. The lowest BCUT2D eigenvalue weighted by atomic mass is 9.89. The highest BCUT2D eigenvalue weighted by atomic mass is 16.2. The lowest BCUT2D eigenvalue weighted by Crippen LogP contribution is -2.40. The molecule has 1 saturated heterocycles. The second-order valence-corrected chi connectivity index (χ2v) is 5.82. The molecule has 2 rings (SSSR count). The molecular formula is C14H23N3O2. The molecule has 5 nitrogen and oxygen atoms in total. The summed E-state index contributed by atoms with van der Waals surface area (Å²) in [5.74, 6) is 1.30. The lowest BCUT2D eigenvalue weighted by molar-refractivity contribution is -0.124. The molecule has 1 N–H and O–H groups in total. The van der Waals surface area contributed by atoms with Crippen molar-refractivity contribution in [2.24, 2.45) is 16.9 Å². The van der Waals surface area contributed by atoms with Gasteiger partial charge >= 0.3 is 0 Å². The fourth-order valence-corrected chi connectivity index (χ4v) is 2.80. The van der Waals surface area contributed by atoms with Crippen molar-refractivity contribution in [2.45, 2.75) is 46.0 Å². The van der Waals surface area contributed by atoms with Crippen molar-refractivity contribution in [1.82, 2.24) is 10.3 Å². The van der Waals surface area contributed by atoms with Crippen LogP contribution in [0, 0.1) is 11.8 Å². The van der Waals surface area contributed by atoms with Gasteiger partial charge in [0, 0.05) is 25.9 Å². The van der Waals surface area contributed by atoms with Crippen LogP contribution in [0.4, 0.5) is 0 Å². The molecule has 2 aliphatic rings. The number of carbonyl (C=O) groups excluding carboxylic acids is 2. The Kier molecular flexibility index (Phi) is 4.56. The Balaban J connectivity index is 1.94. The number of hydrazone groups is 1. The molecule has 2 aliphatic heterocycles. The standard InChI is InChI=1S/C14H23N3O2/c1-10(2)11-4-3-8-17(9-7-11)14(19)12-5-6-13(18)16-15-12/h10-11H,3-9H2,1-2H3,(H,16,18). The molecule has 19 heavy (non-hydrogen) atoms. The number of rotatable bonds is 2. The average molecular weight is 265 g/mol. The Morgan fingerprint density at radius 2 is 2.11 bits per heavy atom. The van der Waals surface area contributed by atoms with Gasteiger partial charge in [0.05, 0.1) is 0 Å². The van der Waals surface area contributed by atoms with E-state index in [9.17, 15) is 9.59 Å². The molecule has 5 heteroatoms. The molecular weight excluding hydrogens is 242 g/mol. The van der Waals surface area contributed by atoms with Gasteiger partial charge in [0.25, 0.3) is 5.91 Å². The van der Waals surface area contributed by atoms with Crippen LogP contribution in [0.25, 0.3) is 0 Å². The molecule has 0 radical (unpaired) electrons. The summed E-state index contributed by atoms with van der Waals surface area (Å²) in [5, 5.41) is 3.90. The summed E-state index contributed by atoms with van der Waals surface area (Å²) in [6.07, 6.45) is 4.17. The van der Waals surface area contributed by atoms with E-state index in [0.717, 1.165) is 25.9 Å². The van der Waals surface area contributed by atoms with E-state index in [1.165, 1.54) is 6.42 Å². The van der Waals surface area contributed by atoms with Crippen molar-refractivity contribution in [3.05, 3.63) is 0 Å². The van der Waals surface area contributed by atoms with Gasteiger partial charge in [-0.15, -0.1) is 0 Å². The molecule has 1 fully saturated rings. The highest BCUT2D eigenvalue weighted by Gasteiger charge is 2.26. The number of nitrogens with zero attached hydrogens (tertiary/aromatic N) is 2. The number of likely N-dealkylation sites (tertiary alicyclic amines) is 1. The summed E-state index contributed by atoms with van der Waals surface area (Å²) in [5.41, 5.74) is 2.90. The van der Waals surface area contributed by atoms with Gasteiger partial charge in [0.15, 0.2) is 0 Å². The number of amides is 2. The first-order valence-corrected chi connectivity index (χ1v) is 7.22. The molecule has 0 aliphatic carbocycles. The van der Waals surface area contributed by atoms with Gasteiger partial charge in [-0.05, 0) is 31.1 Å². The zero-order valence-corrected chi connectivity index (χ0v) is 11.8. The average Bonchev–Trinajstić information content (AvgIpc) is 2.64. The van der Waals surface area contributed by atoms with E-state index in [1.807, 2.05) is 4.90 Å². The van der Waals surface area contributed by atoms with E-state index in [0.29, 0.717) is 30.4 Å². The van der Waals surface area contributed by atoms with Crippen LogP contribution in [-0.2, 0) is 9.59 Å². The summed E-state index contributed by atoms with van der Waals surface area (Å²) in [6, 6.07) is 0. The van der Waals surface area contributed by atoms with Crippen LogP contribution in [0.15, 0.2) is 5.10 Å². The largest absolute Gasteiger partial charge is 0.338 e. The Bertz CT molecular complexity index is 390. The smallest absolute Gasteiger partial charge is 0.270 e. The minimum Gasteiger partial charge on any atom is -0.338 e. The third kappa shape index (κ3) is 3.55. The fourth-order valence-electron chi connectivity index (χ4n) is 2.80. The van der Waals surface area contributed by atoms with Gasteiger partial charge in [-0.25, -0.2) is 5.43 Å². The van der Waals surface area contributed by atoms with Gasteiger partial charge in [0.1, 0.15) is 5.71 Å². The molecule has 2 heterocycles. The minimum atomic E-state index is -0.104. The van der Waals surface area contributed by atoms with Crippen LogP contribution >= 0.6 is 0 Å². The summed E-state index contributed by atoms with van der Waals surface area (Å²) in [4.78, 5) is 25.3. The SMILES string of the molecule is CC(C)C1CCCN(C(=O)C2=NNC(=O)CC2)CC1. The summed E-state index contributed by atoms with van der Waals surface area (Å²) < 4.78 is 0. The van der Waals surface area contributed by atoms with Crippen molar-refractivity contribution in [3.8, 4) is 0 Å². The van der Waals surface area contributed by atoms with E-state index < -0.39 is 0 Å². The summed E-state index contributed by atoms with van der Waals surface area (Å²) in [6.45, 7) is 6.13. The fraction of sp³-hybridized carbons (Fsp3) is 0.786. The van der Waals surface area contributed by atoms with E-state index in [4.69, 9.17) is 0 Å². The highest BCUT2D eigenvalue weighted by molar-refractivity contribution is 6.39. The van der Waals surface area contributed by atoms with Gasteiger partial charge in [-0.3, -0.25) is 9.59 Å². The monoisotopic (exact) mass is 265 g/mol. The Hall–Kier alpha value is -1.39. The van der Waals surface area contributed by atoms with Crippen LogP contribution in [0.3, 0.4) is 0 Å². The lowest BCUT2D eigenvalue weighted by Gasteiger charge is -2.23. The van der Waals surface area contributed by atoms with Gasteiger partial charge in [-0.2, -0.15) is 5.10 Å². The van der Waals surface area contributed by atoms with Crippen molar-refractivity contribution in [2.75, 3.05) is 13.1 Å². The maximum atomic E-state index is 12.3. The molecule has 0 aromatic heterocycles.